The van der Waals surface area contributed by atoms with Crippen molar-refractivity contribution in [2.45, 2.75) is 24.6 Å². The van der Waals surface area contributed by atoms with Crippen LogP contribution in [0.2, 0.25) is 0 Å². The molecule has 1 rings (SSSR count). The number of rotatable bonds is 2. The van der Waals surface area contributed by atoms with E-state index in [-0.39, 0.29) is 0 Å². The van der Waals surface area contributed by atoms with Gasteiger partial charge in [0.15, 0.2) is 30.4 Å². The van der Waals surface area contributed by atoms with E-state index in [1.54, 1.807) is 0 Å². The first-order chi connectivity index (χ1) is 7.02. The Balaban J connectivity index is 2.83. The maximum absolute atomic E-state index is 11.3. The number of hydrogen-bond acceptors (Lipinski definition) is 7. The van der Waals surface area contributed by atoms with Crippen molar-refractivity contribution in [1.29, 1.82) is 0 Å². The van der Waals surface area contributed by atoms with Gasteiger partial charge in [0.25, 0.3) is 0 Å². The number of aliphatic hydroxyl groups is 2. The molecule has 0 aliphatic carbocycles. The Morgan fingerprint density at radius 3 is 2.40 bits per heavy atom. The number of Topliss-reactive ketones (excluding diaryl/α,β-unsaturated/α-hetero) is 1. The largest absolute Gasteiger partial charge is 0.467 e. The predicted molar refractivity (Wildman–Crippen MR) is 44.7 cm³/mol. The fourth-order valence-electron chi connectivity index (χ4n) is 1.24. The summed E-state index contributed by atoms with van der Waals surface area (Å²) in [5.74, 6) is -1.83. The topological polar surface area (TPSA) is 102 Å². The van der Waals surface area contributed by atoms with Gasteiger partial charge in [-0.05, 0) is 0 Å². The summed E-state index contributed by atoms with van der Waals surface area (Å²) in [5.41, 5.74) is 0. The monoisotopic (exact) mass is 220 g/mol. The molecule has 0 amide bonds. The highest BCUT2D eigenvalue weighted by atomic mass is 16.7. The molecule has 1 fully saturated rings. The summed E-state index contributed by atoms with van der Waals surface area (Å²) in [7, 11) is 2.29. The molecule has 1 saturated heterocycles. The van der Waals surface area contributed by atoms with Gasteiger partial charge in [0.2, 0.25) is 0 Å². The average molecular weight is 220 g/mol. The van der Waals surface area contributed by atoms with Crippen molar-refractivity contribution in [1.82, 2.24) is 0 Å². The molecule has 0 saturated carbocycles. The highest BCUT2D eigenvalue weighted by molar-refractivity contribution is 5.93. The molecule has 1 aliphatic rings. The van der Waals surface area contributed by atoms with Crippen LogP contribution in [0.1, 0.15) is 0 Å². The SMILES string of the molecule is COC(=O)[C@@H]1O[C@H](OC)[C@H](O)C(=O)[C@@H]1O. The molecule has 0 aromatic heterocycles. The van der Waals surface area contributed by atoms with E-state index >= 15 is 0 Å². The summed E-state index contributed by atoms with van der Waals surface area (Å²) in [6.07, 6.45) is -6.08. The summed E-state index contributed by atoms with van der Waals surface area (Å²) in [4.78, 5) is 22.4. The number of carbonyl (C=O) groups excluding carboxylic acids is 2. The standard InChI is InChI=1S/C8H12O7/c1-13-7(12)6-4(10)3(9)5(11)8(14-2)15-6/h4-6,8,10-11H,1-2H3/t4-,5+,6+,8-/m0/s1. The van der Waals surface area contributed by atoms with Gasteiger partial charge in [0.1, 0.15) is 0 Å². The Hall–Kier alpha value is -1.02. The van der Waals surface area contributed by atoms with Crippen LogP contribution in [0.3, 0.4) is 0 Å². The Kier molecular flexibility index (Phi) is 3.75. The third-order valence-electron chi connectivity index (χ3n) is 2.07. The lowest BCUT2D eigenvalue weighted by atomic mass is 10.0. The molecule has 0 unspecified atom stereocenters. The van der Waals surface area contributed by atoms with Gasteiger partial charge in [-0.2, -0.15) is 0 Å². The molecule has 4 atom stereocenters. The number of aliphatic hydroxyl groups excluding tert-OH is 2. The molecular weight excluding hydrogens is 208 g/mol. The maximum atomic E-state index is 11.3. The second-order valence-corrected chi connectivity index (χ2v) is 2.98. The second-order valence-electron chi connectivity index (χ2n) is 2.98. The van der Waals surface area contributed by atoms with Crippen molar-refractivity contribution in [2.24, 2.45) is 0 Å². The lowest BCUT2D eigenvalue weighted by Gasteiger charge is -2.33. The fourth-order valence-corrected chi connectivity index (χ4v) is 1.24. The van der Waals surface area contributed by atoms with Gasteiger partial charge in [-0.3, -0.25) is 4.79 Å². The van der Waals surface area contributed by atoms with Crippen molar-refractivity contribution >= 4 is 11.8 Å². The van der Waals surface area contributed by atoms with E-state index in [2.05, 4.69) is 9.47 Å². The number of hydrogen-bond donors (Lipinski definition) is 2. The Labute approximate surface area is 85.5 Å². The summed E-state index contributed by atoms with van der Waals surface area (Å²) >= 11 is 0. The number of ketones is 1. The van der Waals surface area contributed by atoms with Crippen molar-refractivity contribution in [3.05, 3.63) is 0 Å². The molecule has 0 aromatic rings. The molecule has 1 heterocycles. The van der Waals surface area contributed by atoms with Gasteiger partial charge in [-0.25, -0.2) is 4.79 Å². The van der Waals surface area contributed by atoms with Crippen LogP contribution in [0.4, 0.5) is 0 Å². The molecular formula is C8H12O7. The second kappa shape index (κ2) is 4.67. The summed E-state index contributed by atoms with van der Waals surface area (Å²) < 4.78 is 13.8. The Morgan fingerprint density at radius 1 is 1.33 bits per heavy atom. The van der Waals surface area contributed by atoms with Gasteiger partial charge < -0.3 is 24.4 Å². The highest BCUT2D eigenvalue weighted by Crippen LogP contribution is 2.19. The zero-order valence-electron chi connectivity index (χ0n) is 8.25. The van der Waals surface area contributed by atoms with Crippen LogP contribution in [0.25, 0.3) is 0 Å². The first-order valence-electron chi connectivity index (χ1n) is 4.19. The van der Waals surface area contributed by atoms with E-state index in [1.807, 2.05) is 0 Å². The summed E-state index contributed by atoms with van der Waals surface area (Å²) in [5, 5.41) is 18.6. The third-order valence-corrected chi connectivity index (χ3v) is 2.07. The zero-order valence-corrected chi connectivity index (χ0v) is 8.25. The van der Waals surface area contributed by atoms with Crippen LogP contribution in [0.5, 0.6) is 0 Å². The fraction of sp³-hybridized carbons (Fsp3) is 0.750. The van der Waals surface area contributed by atoms with Gasteiger partial charge in [0, 0.05) is 7.11 Å². The third kappa shape index (κ3) is 2.15. The smallest absolute Gasteiger partial charge is 0.338 e. The highest BCUT2D eigenvalue weighted by Gasteiger charge is 2.47. The van der Waals surface area contributed by atoms with Crippen molar-refractivity contribution in [3.63, 3.8) is 0 Å². The van der Waals surface area contributed by atoms with Gasteiger partial charge in [0.05, 0.1) is 7.11 Å². The minimum absolute atomic E-state index is 0.898. The summed E-state index contributed by atoms with van der Waals surface area (Å²) in [6.45, 7) is 0. The van der Waals surface area contributed by atoms with Crippen LogP contribution in [0, 0.1) is 0 Å². The quantitative estimate of drug-likeness (QED) is 0.510. The van der Waals surface area contributed by atoms with E-state index in [0.29, 0.717) is 0 Å². The van der Waals surface area contributed by atoms with E-state index in [1.165, 1.54) is 7.11 Å². The van der Waals surface area contributed by atoms with E-state index < -0.39 is 36.4 Å². The first-order valence-corrected chi connectivity index (χ1v) is 4.19. The van der Waals surface area contributed by atoms with Gasteiger partial charge in [-0.1, -0.05) is 0 Å². The van der Waals surface area contributed by atoms with Crippen LogP contribution < -0.4 is 0 Å². The van der Waals surface area contributed by atoms with E-state index in [0.717, 1.165) is 7.11 Å². The number of ether oxygens (including phenoxy) is 3. The Morgan fingerprint density at radius 2 is 1.93 bits per heavy atom. The molecule has 0 spiro atoms. The number of methoxy groups -OCH3 is 2. The molecule has 2 N–H and O–H groups in total. The predicted octanol–water partition coefficient (Wildman–Crippen LogP) is -2.18. The number of esters is 1. The van der Waals surface area contributed by atoms with Crippen LogP contribution in [-0.2, 0) is 23.8 Å². The molecule has 0 aromatic carbocycles. The van der Waals surface area contributed by atoms with Crippen molar-refractivity contribution in [3.8, 4) is 0 Å². The molecule has 0 radical (unpaired) electrons. The molecule has 15 heavy (non-hydrogen) atoms. The van der Waals surface area contributed by atoms with Gasteiger partial charge in [-0.15, -0.1) is 0 Å². The van der Waals surface area contributed by atoms with Crippen molar-refractivity contribution in [2.75, 3.05) is 14.2 Å². The average Bonchev–Trinajstić information content (AvgIpc) is 2.25. The number of carbonyl (C=O) groups is 2. The van der Waals surface area contributed by atoms with Gasteiger partial charge >= 0.3 is 5.97 Å². The Bertz CT molecular complexity index is 264. The molecule has 1 aliphatic heterocycles. The van der Waals surface area contributed by atoms with Crippen LogP contribution >= 0.6 is 0 Å². The van der Waals surface area contributed by atoms with Crippen LogP contribution in [-0.4, -0.2) is 60.8 Å². The molecule has 86 valence electrons. The lowest BCUT2D eigenvalue weighted by Crippen LogP contribution is -2.58. The first kappa shape index (κ1) is 12.1. The van der Waals surface area contributed by atoms with Crippen molar-refractivity contribution < 1.29 is 34.0 Å². The molecule has 7 heteroatoms. The van der Waals surface area contributed by atoms with E-state index in [4.69, 9.17) is 4.74 Å². The lowest BCUT2D eigenvalue weighted by molar-refractivity contribution is -0.245. The normalized spacial score (nSPS) is 36.4. The zero-order chi connectivity index (χ0) is 11.6. The molecule has 0 bridgehead atoms. The molecule has 7 nitrogen and oxygen atoms in total. The minimum atomic E-state index is -1.74. The minimum Gasteiger partial charge on any atom is -0.467 e. The summed E-state index contributed by atoms with van der Waals surface area (Å²) in [6, 6.07) is 0. The maximum Gasteiger partial charge on any atom is 0.338 e. The van der Waals surface area contributed by atoms with E-state index in [9.17, 15) is 19.8 Å². The van der Waals surface area contributed by atoms with Crippen LogP contribution in [0.15, 0.2) is 0 Å².